The molecule has 1 atom stereocenters. The number of sulfonamides is 1. The second kappa shape index (κ2) is 12.8. The SMILES string of the molecule is CC[C@H](C(=O)NCC(C)C)N(Cc1ccc(OC)cc1)C(=O)CN(c1cccc(Cl)c1)S(C)(=O)=O. The molecule has 0 aromatic heterocycles. The number of hydrogen-bond donors (Lipinski definition) is 1. The fourth-order valence-corrected chi connectivity index (χ4v) is 4.54. The summed E-state index contributed by atoms with van der Waals surface area (Å²) in [4.78, 5) is 28.1. The van der Waals surface area contributed by atoms with Crippen molar-refractivity contribution in [1.82, 2.24) is 10.2 Å². The van der Waals surface area contributed by atoms with Crippen LogP contribution >= 0.6 is 11.6 Å². The van der Waals surface area contributed by atoms with E-state index in [0.717, 1.165) is 16.1 Å². The molecule has 0 unspecified atom stereocenters. The largest absolute Gasteiger partial charge is 0.497 e. The molecule has 0 saturated heterocycles. The second-order valence-electron chi connectivity index (χ2n) is 8.68. The number of halogens is 1. The third-order valence-corrected chi connectivity index (χ3v) is 6.73. The van der Waals surface area contributed by atoms with E-state index in [9.17, 15) is 18.0 Å². The molecule has 0 radical (unpaired) electrons. The highest BCUT2D eigenvalue weighted by molar-refractivity contribution is 7.92. The van der Waals surface area contributed by atoms with Crippen molar-refractivity contribution in [3.8, 4) is 5.75 Å². The Labute approximate surface area is 213 Å². The molecule has 2 amide bonds. The van der Waals surface area contributed by atoms with Gasteiger partial charge in [0, 0.05) is 18.1 Å². The molecule has 0 aliphatic rings. The van der Waals surface area contributed by atoms with E-state index >= 15 is 0 Å². The summed E-state index contributed by atoms with van der Waals surface area (Å²) < 4.78 is 31.4. The van der Waals surface area contributed by atoms with Gasteiger partial charge in [-0.3, -0.25) is 13.9 Å². The minimum Gasteiger partial charge on any atom is -0.497 e. The fraction of sp³-hybridized carbons (Fsp3) is 0.440. The Hall–Kier alpha value is -2.78. The average molecular weight is 524 g/mol. The quantitative estimate of drug-likeness (QED) is 0.457. The number of anilines is 1. The van der Waals surface area contributed by atoms with Gasteiger partial charge in [-0.2, -0.15) is 0 Å². The van der Waals surface area contributed by atoms with E-state index in [1.165, 1.54) is 11.0 Å². The number of carbonyl (C=O) groups is 2. The Morgan fingerprint density at radius 2 is 1.77 bits per heavy atom. The van der Waals surface area contributed by atoms with Crippen LogP contribution in [0.1, 0.15) is 32.8 Å². The maximum atomic E-state index is 13.6. The molecule has 0 aliphatic heterocycles. The van der Waals surface area contributed by atoms with Crippen LogP contribution in [0.25, 0.3) is 0 Å². The van der Waals surface area contributed by atoms with E-state index in [4.69, 9.17) is 16.3 Å². The number of nitrogens with one attached hydrogen (secondary N) is 1. The maximum absolute atomic E-state index is 13.6. The van der Waals surface area contributed by atoms with E-state index in [0.29, 0.717) is 23.7 Å². The minimum atomic E-state index is -3.81. The highest BCUT2D eigenvalue weighted by atomic mass is 35.5. The molecule has 0 bridgehead atoms. The van der Waals surface area contributed by atoms with E-state index in [1.807, 2.05) is 32.9 Å². The molecule has 192 valence electrons. The Morgan fingerprint density at radius 1 is 1.11 bits per heavy atom. The third-order valence-electron chi connectivity index (χ3n) is 5.36. The summed E-state index contributed by atoms with van der Waals surface area (Å²) in [6.45, 7) is 5.91. The summed E-state index contributed by atoms with van der Waals surface area (Å²) in [7, 11) is -2.25. The van der Waals surface area contributed by atoms with Crippen molar-refractivity contribution < 1.29 is 22.7 Å². The smallest absolute Gasteiger partial charge is 0.244 e. The zero-order valence-electron chi connectivity index (χ0n) is 20.8. The average Bonchev–Trinajstić information content (AvgIpc) is 2.80. The predicted molar refractivity (Wildman–Crippen MR) is 139 cm³/mol. The summed E-state index contributed by atoms with van der Waals surface area (Å²) >= 11 is 6.06. The van der Waals surface area contributed by atoms with Crippen molar-refractivity contribution in [1.29, 1.82) is 0 Å². The third kappa shape index (κ3) is 8.43. The summed E-state index contributed by atoms with van der Waals surface area (Å²) in [5, 5.41) is 3.24. The lowest BCUT2D eigenvalue weighted by atomic mass is 10.1. The van der Waals surface area contributed by atoms with E-state index in [-0.39, 0.29) is 24.1 Å². The zero-order chi connectivity index (χ0) is 26.2. The number of benzene rings is 2. The monoisotopic (exact) mass is 523 g/mol. The van der Waals surface area contributed by atoms with Gasteiger partial charge in [-0.15, -0.1) is 0 Å². The van der Waals surface area contributed by atoms with E-state index < -0.39 is 28.5 Å². The van der Waals surface area contributed by atoms with Crippen LogP contribution in [0.5, 0.6) is 5.75 Å². The fourth-order valence-electron chi connectivity index (χ4n) is 3.51. The van der Waals surface area contributed by atoms with Crippen molar-refractivity contribution in [2.75, 3.05) is 30.8 Å². The van der Waals surface area contributed by atoms with Crippen molar-refractivity contribution in [3.63, 3.8) is 0 Å². The number of carbonyl (C=O) groups excluding carboxylic acids is 2. The lowest BCUT2D eigenvalue weighted by molar-refractivity contribution is -0.140. The maximum Gasteiger partial charge on any atom is 0.244 e. The summed E-state index contributed by atoms with van der Waals surface area (Å²) in [5.74, 6) is 0.123. The number of methoxy groups -OCH3 is 1. The van der Waals surface area contributed by atoms with Crippen LogP contribution in [0.2, 0.25) is 5.02 Å². The van der Waals surface area contributed by atoms with Gasteiger partial charge in [0.05, 0.1) is 19.1 Å². The summed E-state index contributed by atoms with van der Waals surface area (Å²) in [5.41, 5.74) is 1.05. The van der Waals surface area contributed by atoms with Crippen LogP contribution in [0.4, 0.5) is 5.69 Å². The number of nitrogens with zero attached hydrogens (tertiary/aromatic N) is 2. The van der Waals surface area contributed by atoms with Gasteiger partial charge in [-0.05, 0) is 48.2 Å². The number of amides is 2. The minimum absolute atomic E-state index is 0.129. The molecular weight excluding hydrogens is 490 g/mol. The first-order chi connectivity index (χ1) is 16.5. The highest BCUT2D eigenvalue weighted by Gasteiger charge is 2.31. The Balaban J connectivity index is 2.41. The van der Waals surface area contributed by atoms with Gasteiger partial charge in [0.1, 0.15) is 18.3 Å². The molecule has 10 heteroatoms. The van der Waals surface area contributed by atoms with Crippen LogP contribution in [-0.2, 0) is 26.2 Å². The normalized spacial score (nSPS) is 12.2. The zero-order valence-corrected chi connectivity index (χ0v) is 22.4. The standard InChI is InChI=1S/C25H34ClN3O5S/c1-6-23(25(31)27-15-18(2)3)28(16-19-10-12-22(34-4)13-11-19)24(30)17-29(35(5,32)33)21-9-7-8-20(26)14-21/h7-14,18,23H,6,15-17H2,1-5H3,(H,27,31)/t23-/m1/s1. The van der Waals surface area contributed by atoms with E-state index in [1.54, 1.807) is 37.4 Å². The van der Waals surface area contributed by atoms with E-state index in [2.05, 4.69) is 5.32 Å². The molecule has 0 spiro atoms. The van der Waals surface area contributed by atoms with Crippen molar-refractivity contribution >= 4 is 39.1 Å². The van der Waals surface area contributed by atoms with Crippen LogP contribution in [0, 0.1) is 5.92 Å². The molecular formula is C25H34ClN3O5S. The predicted octanol–water partition coefficient (Wildman–Crippen LogP) is 3.69. The molecule has 35 heavy (non-hydrogen) atoms. The number of rotatable bonds is 12. The second-order valence-corrected chi connectivity index (χ2v) is 11.0. The van der Waals surface area contributed by atoms with Crippen LogP contribution in [-0.4, -0.2) is 57.6 Å². The molecule has 0 heterocycles. The number of ether oxygens (including phenoxy) is 1. The summed E-state index contributed by atoms with van der Waals surface area (Å²) in [6, 6.07) is 12.7. The van der Waals surface area contributed by atoms with Gasteiger partial charge in [0.2, 0.25) is 21.8 Å². The highest BCUT2D eigenvalue weighted by Crippen LogP contribution is 2.23. The van der Waals surface area contributed by atoms with Crippen LogP contribution in [0.3, 0.4) is 0 Å². The van der Waals surface area contributed by atoms with Crippen molar-refractivity contribution in [2.45, 2.75) is 39.8 Å². The molecule has 2 rings (SSSR count). The molecule has 0 aliphatic carbocycles. The van der Waals surface area contributed by atoms with Gasteiger partial charge in [-0.1, -0.05) is 50.6 Å². The van der Waals surface area contributed by atoms with Gasteiger partial charge >= 0.3 is 0 Å². The molecule has 1 N–H and O–H groups in total. The Morgan fingerprint density at radius 3 is 2.29 bits per heavy atom. The van der Waals surface area contributed by atoms with Gasteiger partial charge in [0.25, 0.3) is 0 Å². The van der Waals surface area contributed by atoms with Crippen molar-refractivity contribution in [2.24, 2.45) is 5.92 Å². The molecule has 8 nitrogen and oxygen atoms in total. The molecule has 2 aromatic rings. The molecule has 0 saturated carbocycles. The van der Waals surface area contributed by atoms with Gasteiger partial charge in [0.15, 0.2) is 0 Å². The molecule has 2 aromatic carbocycles. The Kier molecular flexibility index (Phi) is 10.4. The topological polar surface area (TPSA) is 96.0 Å². The first-order valence-corrected chi connectivity index (χ1v) is 13.6. The summed E-state index contributed by atoms with van der Waals surface area (Å²) in [6.07, 6.45) is 1.39. The Bertz CT molecular complexity index is 1110. The van der Waals surface area contributed by atoms with Crippen LogP contribution < -0.4 is 14.4 Å². The first-order valence-electron chi connectivity index (χ1n) is 11.4. The van der Waals surface area contributed by atoms with Crippen LogP contribution in [0.15, 0.2) is 48.5 Å². The molecule has 0 fully saturated rings. The first kappa shape index (κ1) is 28.5. The van der Waals surface area contributed by atoms with Gasteiger partial charge in [-0.25, -0.2) is 8.42 Å². The lowest BCUT2D eigenvalue weighted by Gasteiger charge is -2.33. The van der Waals surface area contributed by atoms with Gasteiger partial charge < -0.3 is 15.0 Å². The lowest BCUT2D eigenvalue weighted by Crippen LogP contribution is -2.52. The van der Waals surface area contributed by atoms with Crippen molar-refractivity contribution in [3.05, 3.63) is 59.1 Å². The number of hydrogen-bond acceptors (Lipinski definition) is 5.